The lowest BCUT2D eigenvalue weighted by molar-refractivity contribution is 0.259. The first-order valence-electron chi connectivity index (χ1n) is 8.56. The second-order valence-corrected chi connectivity index (χ2v) is 6.28. The summed E-state index contributed by atoms with van der Waals surface area (Å²) in [5, 5.41) is 6.73. The van der Waals surface area contributed by atoms with Gasteiger partial charge in [-0.05, 0) is 45.8 Å². The fourth-order valence-electron chi connectivity index (χ4n) is 2.18. The van der Waals surface area contributed by atoms with E-state index >= 15 is 0 Å². The molecule has 0 aromatic heterocycles. The summed E-state index contributed by atoms with van der Waals surface area (Å²) in [5.74, 6) is 2.65. The Kier molecular flexibility index (Phi) is 10.1. The number of halogens is 1. The molecular weight excluding hydrogens is 415 g/mol. The number of benzene rings is 1. The number of nitrogens with zero attached hydrogens (tertiary/aromatic N) is 2. The van der Waals surface area contributed by atoms with Crippen LogP contribution in [0.3, 0.4) is 0 Å². The lowest BCUT2D eigenvalue weighted by atomic mass is 10.2. The maximum atomic E-state index is 5.90. The maximum Gasteiger partial charge on any atom is 0.191 e. The topological polar surface area (TPSA) is 48.9 Å². The Morgan fingerprint density at radius 1 is 1.25 bits per heavy atom. The second-order valence-electron chi connectivity index (χ2n) is 6.28. The SMILES string of the molecule is CCNC(=NCc1ccccc1OCCN(C)C)NCC1CC1.I. The first kappa shape index (κ1) is 21.0. The number of rotatable bonds is 9. The molecule has 5 nitrogen and oxygen atoms in total. The van der Waals surface area contributed by atoms with Crippen molar-refractivity contribution in [2.24, 2.45) is 10.9 Å². The van der Waals surface area contributed by atoms with Crippen molar-refractivity contribution in [2.45, 2.75) is 26.3 Å². The van der Waals surface area contributed by atoms with Crippen molar-refractivity contribution < 1.29 is 4.74 Å². The van der Waals surface area contributed by atoms with E-state index in [1.165, 1.54) is 12.8 Å². The largest absolute Gasteiger partial charge is 0.492 e. The molecule has 6 heteroatoms. The normalized spacial score (nSPS) is 14.2. The quantitative estimate of drug-likeness (QED) is 0.348. The fourth-order valence-corrected chi connectivity index (χ4v) is 2.18. The van der Waals surface area contributed by atoms with Crippen molar-refractivity contribution in [1.82, 2.24) is 15.5 Å². The molecular formula is C18H31IN4O. The number of ether oxygens (including phenoxy) is 1. The molecule has 136 valence electrons. The number of nitrogens with one attached hydrogen (secondary N) is 2. The average Bonchev–Trinajstić information content (AvgIpc) is 3.35. The molecule has 0 amide bonds. The predicted octanol–water partition coefficient (Wildman–Crippen LogP) is 2.71. The fraction of sp³-hybridized carbons (Fsp3) is 0.611. The molecule has 0 saturated heterocycles. The highest BCUT2D eigenvalue weighted by atomic mass is 127. The Bertz CT molecular complexity index is 504. The molecule has 2 rings (SSSR count). The minimum absolute atomic E-state index is 0. The van der Waals surface area contributed by atoms with E-state index in [0.717, 1.165) is 42.8 Å². The van der Waals surface area contributed by atoms with Crippen LogP contribution in [-0.4, -0.2) is 51.2 Å². The number of hydrogen-bond donors (Lipinski definition) is 2. The third-order valence-electron chi connectivity index (χ3n) is 3.78. The van der Waals surface area contributed by atoms with Gasteiger partial charge in [0.1, 0.15) is 12.4 Å². The van der Waals surface area contributed by atoms with E-state index in [-0.39, 0.29) is 24.0 Å². The summed E-state index contributed by atoms with van der Waals surface area (Å²) in [4.78, 5) is 6.81. The highest BCUT2D eigenvalue weighted by Crippen LogP contribution is 2.27. The van der Waals surface area contributed by atoms with Gasteiger partial charge in [-0.25, -0.2) is 4.99 Å². The first-order chi connectivity index (χ1) is 11.2. The van der Waals surface area contributed by atoms with Gasteiger partial charge in [-0.3, -0.25) is 0 Å². The minimum Gasteiger partial charge on any atom is -0.492 e. The molecule has 0 bridgehead atoms. The highest BCUT2D eigenvalue weighted by Gasteiger charge is 2.21. The first-order valence-corrected chi connectivity index (χ1v) is 8.56. The van der Waals surface area contributed by atoms with Gasteiger partial charge in [0.05, 0.1) is 6.54 Å². The zero-order chi connectivity index (χ0) is 16.5. The number of aliphatic imine (C=N–C) groups is 1. The zero-order valence-electron chi connectivity index (χ0n) is 15.0. The van der Waals surface area contributed by atoms with Crippen LogP contribution in [0, 0.1) is 5.92 Å². The van der Waals surface area contributed by atoms with Crippen LogP contribution in [0.25, 0.3) is 0 Å². The molecule has 1 aliphatic rings. The van der Waals surface area contributed by atoms with Crippen molar-refractivity contribution in [2.75, 3.05) is 40.3 Å². The molecule has 1 aromatic carbocycles. The van der Waals surface area contributed by atoms with Gasteiger partial charge in [0.25, 0.3) is 0 Å². The summed E-state index contributed by atoms with van der Waals surface area (Å²) in [6.45, 7) is 6.20. The Morgan fingerprint density at radius 2 is 2.00 bits per heavy atom. The predicted molar refractivity (Wildman–Crippen MR) is 111 cm³/mol. The maximum absolute atomic E-state index is 5.90. The summed E-state index contributed by atoms with van der Waals surface area (Å²) < 4.78 is 5.90. The lowest BCUT2D eigenvalue weighted by Crippen LogP contribution is -2.38. The monoisotopic (exact) mass is 446 g/mol. The molecule has 0 atom stereocenters. The summed E-state index contributed by atoms with van der Waals surface area (Å²) in [6, 6.07) is 8.15. The highest BCUT2D eigenvalue weighted by molar-refractivity contribution is 14.0. The van der Waals surface area contributed by atoms with Gasteiger partial charge in [0.2, 0.25) is 0 Å². The summed E-state index contributed by atoms with van der Waals surface area (Å²) >= 11 is 0. The van der Waals surface area contributed by atoms with Crippen LogP contribution in [-0.2, 0) is 6.54 Å². The molecule has 0 aliphatic heterocycles. The van der Waals surface area contributed by atoms with E-state index in [4.69, 9.17) is 9.73 Å². The van der Waals surface area contributed by atoms with Crippen molar-refractivity contribution in [1.29, 1.82) is 0 Å². The molecule has 1 saturated carbocycles. The zero-order valence-corrected chi connectivity index (χ0v) is 17.4. The smallest absolute Gasteiger partial charge is 0.191 e. The van der Waals surface area contributed by atoms with Gasteiger partial charge in [0, 0.05) is 25.2 Å². The van der Waals surface area contributed by atoms with Crippen LogP contribution in [0.4, 0.5) is 0 Å². The number of guanidine groups is 1. The van der Waals surface area contributed by atoms with Crippen molar-refractivity contribution in [3.8, 4) is 5.75 Å². The van der Waals surface area contributed by atoms with Crippen LogP contribution in [0.15, 0.2) is 29.3 Å². The molecule has 1 fully saturated rings. The second kappa shape index (κ2) is 11.5. The molecule has 0 heterocycles. The third kappa shape index (κ3) is 8.19. The molecule has 0 unspecified atom stereocenters. The molecule has 1 aliphatic carbocycles. The van der Waals surface area contributed by atoms with Crippen LogP contribution in [0.2, 0.25) is 0 Å². The number of hydrogen-bond acceptors (Lipinski definition) is 3. The molecule has 24 heavy (non-hydrogen) atoms. The summed E-state index contributed by atoms with van der Waals surface area (Å²) in [6.07, 6.45) is 2.68. The Hall–Kier alpha value is -1.02. The van der Waals surface area contributed by atoms with Crippen molar-refractivity contribution >= 4 is 29.9 Å². The minimum atomic E-state index is 0. The van der Waals surface area contributed by atoms with Crippen molar-refractivity contribution in [3.63, 3.8) is 0 Å². The van der Waals surface area contributed by atoms with Crippen LogP contribution >= 0.6 is 24.0 Å². The van der Waals surface area contributed by atoms with Gasteiger partial charge in [-0.2, -0.15) is 0 Å². The third-order valence-corrected chi connectivity index (χ3v) is 3.78. The van der Waals surface area contributed by atoms with E-state index in [9.17, 15) is 0 Å². The van der Waals surface area contributed by atoms with Gasteiger partial charge in [0.15, 0.2) is 5.96 Å². The van der Waals surface area contributed by atoms with Crippen LogP contribution in [0.1, 0.15) is 25.3 Å². The number of para-hydroxylation sites is 1. The van der Waals surface area contributed by atoms with E-state index < -0.39 is 0 Å². The van der Waals surface area contributed by atoms with E-state index in [2.05, 4.69) is 28.5 Å². The Morgan fingerprint density at radius 3 is 2.67 bits per heavy atom. The van der Waals surface area contributed by atoms with E-state index in [1.807, 2.05) is 32.3 Å². The summed E-state index contributed by atoms with van der Waals surface area (Å²) in [5.41, 5.74) is 1.12. The summed E-state index contributed by atoms with van der Waals surface area (Å²) in [7, 11) is 4.10. The van der Waals surface area contributed by atoms with Gasteiger partial charge < -0.3 is 20.3 Å². The van der Waals surface area contributed by atoms with Gasteiger partial charge in [-0.15, -0.1) is 24.0 Å². The standard InChI is InChI=1S/C18H30N4O.HI/c1-4-19-18(20-13-15-9-10-15)21-14-16-7-5-6-8-17(16)23-12-11-22(2)3;/h5-8,15H,4,9-14H2,1-3H3,(H2,19,20,21);1H. The number of likely N-dealkylation sites (N-methyl/N-ethyl adjacent to an activating group) is 1. The Labute approximate surface area is 163 Å². The van der Waals surface area contributed by atoms with E-state index in [0.29, 0.717) is 13.2 Å². The lowest BCUT2D eigenvalue weighted by Gasteiger charge is -2.14. The Balaban J connectivity index is 0.00000288. The molecule has 2 N–H and O–H groups in total. The van der Waals surface area contributed by atoms with E-state index in [1.54, 1.807) is 0 Å². The van der Waals surface area contributed by atoms with Crippen LogP contribution < -0.4 is 15.4 Å². The van der Waals surface area contributed by atoms with Crippen LogP contribution in [0.5, 0.6) is 5.75 Å². The average molecular weight is 446 g/mol. The molecule has 0 spiro atoms. The molecule has 0 radical (unpaired) electrons. The van der Waals surface area contributed by atoms with Gasteiger partial charge in [-0.1, -0.05) is 18.2 Å². The molecule has 1 aromatic rings. The van der Waals surface area contributed by atoms with Crippen molar-refractivity contribution in [3.05, 3.63) is 29.8 Å². The van der Waals surface area contributed by atoms with Gasteiger partial charge >= 0.3 is 0 Å².